The molecule has 0 aliphatic carbocycles. The first-order valence-electron chi connectivity index (χ1n) is 6.05. The van der Waals surface area contributed by atoms with Gasteiger partial charge in [0.05, 0.1) is 6.61 Å². The Morgan fingerprint density at radius 2 is 1.57 bits per heavy atom. The summed E-state index contributed by atoms with van der Waals surface area (Å²) in [5, 5.41) is 0. The first-order chi connectivity index (χ1) is 9.92. The number of hydrogen-bond acceptors (Lipinski definition) is 4. The van der Waals surface area contributed by atoms with Crippen LogP contribution >= 0.6 is 0 Å². The van der Waals surface area contributed by atoms with Gasteiger partial charge in [-0.3, -0.25) is 0 Å². The molecular weight excluding hydrogens is 302 g/mol. The molecule has 0 atom stereocenters. The van der Waals surface area contributed by atoms with E-state index in [1.165, 1.54) is 12.1 Å². The van der Waals surface area contributed by atoms with Crippen molar-refractivity contribution >= 4 is 10.1 Å². The van der Waals surface area contributed by atoms with Crippen molar-refractivity contribution in [2.75, 3.05) is 6.61 Å². The predicted molar refractivity (Wildman–Crippen MR) is 71.8 cm³/mol. The summed E-state index contributed by atoms with van der Waals surface area (Å²) in [4.78, 5) is -0.605. The Morgan fingerprint density at radius 1 is 1.00 bits per heavy atom. The molecular formula is C14H12F2O4S. The Balaban J connectivity index is 2.37. The average Bonchev–Trinajstić information content (AvgIpc) is 2.40. The molecule has 0 saturated heterocycles. The summed E-state index contributed by atoms with van der Waals surface area (Å²) >= 11 is 0. The van der Waals surface area contributed by atoms with Crippen molar-refractivity contribution in [3.05, 3.63) is 54.1 Å². The van der Waals surface area contributed by atoms with Gasteiger partial charge in [-0.2, -0.15) is 8.42 Å². The number of benzene rings is 2. The van der Waals surface area contributed by atoms with Crippen LogP contribution in [0.1, 0.15) is 6.92 Å². The molecule has 2 rings (SSSR count). The molecule has 0 aliphatic heterocycles. The van der Waals surface area contributed by atoms with Crippen LogP contribution in [0.2, 0.25) is 0 Å². The maximum absolute atomic E-state index is 13.1. The highest BCUT2D eigenvalue weighted by molar-refractivity contribution is 7.87. The SMILES string of the molecule is CCOc1ccccc1OS(=O)(=O)c1cc(F)cc(F)c1. The summed E-state index contributed by atoms with van der Waals surface area (Å²) in [7, 11) is -4.36. The van der Waals surface area contributed by atoms with Crippen molar-refractivity contribution < 1.29 is 26.1 Å². The third kappa shape index (κ3) is 3.69. The Kier molecular flexibility index (Phi) is 4.42. The average molecular weight is 314 g/mol. The molecule has 4 nitrogen and oxygen atoms in total. The highest BCUT2D eigenvalue weighted by atomic mass is 32.2. The molecule has 21 heavy (non-hydrogen) atoms. The fraction of sp³-hybridized carbons (Fsp3) is 0.143. The quantitative estimate of drug-likeness (QED) is 0.796. The number of ether oxygens (including phenoxy) is 1. The molecule has 0 aliphatic rings. The van der Waals surface area contributed by atoms with Gasteiger partial charge in [-0.25, -0.2) is 8.78 Å². The van der Waals surface area contributed by atoms with Gasteiger partial charge in [-0.15, -0.1) is 0 Å². The number of rotatable bonds is 5. The summed E-state index contributed by atoms with van der Waals surface area (Å²) in [5.41, 5.74) is 0. The Labute approximate surface area is 121 Å². The third-order valence-electron chi connectivity index (χ3n) is 2.47. The van der Waals surface area contributed by atoms with E-state index in [9.17, 15) is 17.2 Å². The second-order valence-electron chi connectivity index (χ2n) is 4.02. The maximum Gasteiger partial charge on any atom is 0.339 e. The molecule has 0 bridgehead atoms. The van der Waals surface area contributed by atoms with Crippen molar-refractivity contribution in [3.63, 3.8) is 0 Å². The first-order valence-corrected chi connectivity index (χ1v) is 7.45. The monoisotopic (exact) mass is 314 g/mol. The van der Waals surface area contributed by atoms with E-state index in [0.717, 1.165) is 0 Å². The van der Waals surface area contributed by atoms with Crippen LogP contribution in [0, 0.1) is 11.6 Å². The largest absolute Gasteiger partial charge is 0.490 e. The van der Waals surface area contributed by atoms with Crippen molar-refractivity contribution in [3.8, 4) is 11.5 Å². The minimum absolute atomic E-state index is 0.0518. The van der Waals surface area contributed by atoms with Crippen LogP contribution in [-0.4, -0.2) is 15.0 Å². The Hall–Kier alpha value is -2.15. The van der Waals surface area contributed by atoms with E-state index in [1.807, 2.05) is 0 Å². The Bertz CT molecular complexity index is 724. The first kappa shape index (κ1) is 15.2. The van der Waals surface area contributed by atoms with Gasteiger partial charge in [0.1, 0.15) is 16.5 Å². The van der Waals surface area contributed by atoms with Crippen LogP contribution in [0.5, 0.6) is 11.5 Å². The van der Waals surface area contributed by atoms with Gasteiger partial charge in [0.25, 0.3) is 0 Å². The second-order valence-corrected chi connectivity index (χ2v) is 5.57. The van der Waals surface area contributed by atoms with E-state index >= 15 is 0 Å². The molecule has 112 valence electrons. The van der Waals surface area contributed by atoms with Crippen LogP contribution < -0.4 is 8.92 Å². The van der Waals surface area contributed by atoms with Crippen molar-refractivity contribution in [1.82, 2.24) is 0 Å². The van der Waals surface area contributed by atoms with Crippen molar-refractivity contribution in [1.29, 1.82) is 0 Å². The lowest BCUT2D eigenvalue weighted by molar-refractivity contribution is 0.327. The highest BCUT2D eigenvalue weighted by Crippen LogP contribution is 2.29. The lowest BCUT2D eigenvalue weighted by atomic mass is 10.3. The second kappa shape index (κ2) is 6.09. The fourth-order valence-corrected chi connectivity index (χ4v) is 2.62. The van der Waals surface area contributed by atoms with Gasteiger partial charge in [0.2, 0.25) is 0 Å². The van der Waals surface area contributed by atoms with E-state index in [0.29, 0.717) is 24.8 Å². The minimum Gasteiger partial charge on any atom is -0.490 e. The molecule has 2 aromatic rings. The third-order valence-corrected chi connectivity index (χ3v) is 3.69. The molecule has 0 N–H and O–H groups in total. The molecule has 0 heterocycles. The van der Waals surface area contributed by atoms with Crippen LogP contribution in [0.3, 0.4) is 0 Å². The summed E-state index contributed by atoms with van der Waals surface area (Å²) < 4.78 is 60.5. The van der Waals surface area contributed by atoms with E-state index in [-0.39, 0.29) is 11.5 Å². The molecule has 0 unspecified atom stereocenters. The van der Waals surface area contributed by atoms with Gasteiger partial charge in [0, 0.05) is 6.07 Å². The van der Waals surface area contributed by atoms with E-state index in [2.05, 4.69) is 0 Å². The lowest BCUT2D eigenvalue weighted by Gasteiger charge is -2.11. The molecule has 0 saturated carbocycles. The molecule has 2 aromatic carbocycles. The maximum atomic E-state index is 13.1. The van der Waals surface area contributed by atoms with Crippen LogP contribution in [0.15, 0.2) is 47.4 Å². The van der Waals surface area contributed by atoms with Gasteiger partial charge in [-0.05, 0) is 31.2 Å². The predicted octanol–water partition coefficient (Wildman–Crippen LogP) is 3.13. The summed E-state index contributed by atoms with van der Waals surface area (Å²) in [6, 6.07) is 8.06. The van der Waals surface area contributed by atoms with Gasteiger partial charge in [0.15, 0.2) is 11.5 Å². The summed E-state index contributed by atoms with van der Waals surface area (Å²) in [6.45, 7) is 2.04. The van der Waals surface area contributed by atoms with E-state index in [4.69, 9.17) is 8.92 Å². The van der Waals surface area contributed by atoms with Gasteiger partial charge < -0.3 is 8.92 Å². The molecule has 7 heteroatoms. The van der Waals surface area contributed by atoms with Crippen molar-refractivity contribution in [2.24, 2.45) is 0 Å². The zero-order valence-corrected chi connectivity index (χ0v) is 11.9. The molecule has 0 radical (unpaired) electrons. The number of halogens is 2. The fourth-order valence-electron chi connectivity index (χ4n) is 1.63. The van der Waals surface area contributed by atoms with Gasteiger partial charge in [-0.1, -0.05) is 12.1 Å². The van der Waals surface area contributed by atoms with Crippen molar-refractivity contribution in [2.45, 2.75) is 11.8 Å². The summed E-state index contributed by atoms with van der Waals surface area (Å²) in [6.07, 6.45) is 0. The van der Waals surface area contributed by atoms with Crippen LogP contribution in [0.25, 0.3) is 0 Å². The van der Waals surface area contributed by atoms with Gasteiger partial charge >= 0.3 is 10.1 Å². The molecule has 0 amide bonds. The summed E-state index contributed by atoms with van der Waals surface area (Å²) in [5.74, 6) is -1.84. The molecule has 0 spiro atoms. The topological polar surface area (TPSA) is 52.6 Å². The highest BCUT2D eigenvalue weighted by Gasteiger charge is 2.20. The van der Waals surface area contributed by atoms with Crippen LogP contribution in [-0.2, 0) is 10.1 Å². The zero-order chi connectivity index (χ0) is 15.5. The molecule has 0 aromatic heterocycles. The number of hydrogen-bond donors (Lipinski definition) is 0. The van der Waals surface area contributed by atoms with E-state index < -0.39 is 26.6 Å². The van der Waals surface area contributed by atoms with E-state index in [1.54, 1.807) is 19.1 Å². The standard InChI is InChI=1S/C14H12F2O4S/c1-2-19-13-5-3-4-6-14(13)20-21(17,18)12-8-10(15)7-11(16)9-12/h3-9H,2H2,1H3. The Morgan fingerprint density at radius 3 is 2.14 bits per heavy atom. The minimum atomic E-state index is -4.36. The lowest BCUT2D eigenvalue weighted by Crippen LogP contribution is -2.11. The molecule has 0 fully saturated rings. The normalized spacial score (nSPS) is 11.2. The smallest absolute Gasteiger partial charge is 0.339 e. The number of para-hydroxylation sites is 2. The zero-order valence-electron chi connectivity index (χ0n) is 11.0. The van der Waals surface area contributed by atoms with Crippen LogP contribution in [0.4, 0.5) is 8.78 Å².